The van der Waals surface area contributed by atoms with Crippen molar-refractivity contribution in [1.29, 1.82) is 0 Å². The number of hydrogen-bond donors (Lipinski definition) is 0. The minimum Gasteiger partial charge on any atom is -0.463 e. The first-order valence-corrected chi connectivity index (χ1v) is 7.41. The highest BCUT2D eigenvalue weighted by Crippen LogP contribution is 2.07. The van der Waals surface area contributed by atoms with E-state index in [0.717, 1.165) is 12.8 Å². The molecule has 0 atom stereocenters. The maximum atomic E-state index is 11.8. The van der Waals surface area contributed by atoms with Gasteiger partial charge in [0.05, 0.1) is 13.2 Å². The van der Waals surface area contributed by atoms with Gasteiger partial charge >= 0.3 is 11.9 Å². The zero-order chi connectivity index (χ0) is 15.5. The predicted octanol–water partition coefficient (Wildman–Crippen LogP) is 3.50. The van der Waals surface area contributed by atoms with Gasteiger partial charge in [-0.3, -0.25) is 0 Å². The Morgan fingerprint density at radius 3 is 1.90 bits per heavy atom. The number of carbonyl (C=O) groups is 2. The van der Waals surface area contributed by atoms with Crippen LogP contribution in [-0.4, -0.2) is 25.2 Å². The summed E-state index contributed by atoms with van der Waals surface area (Å²) in [5.74, 6) is 0.0774. The van der Waals surface area contributed by atoms with Crippen LogP contribution in [-0.2, 0) is 19.1 Å². The van der Waals surface area contributed by atoms with Gasteiger partial charge in [-0.25, -0.2) is 9.59 Å². The zero-order valence-electron chi connectivity index (χ0n) is 13.4. The lowest BCUT2D eigenvalue weighted by Gasteiger charge is -2.09. The third kappa shape index (κ3) is 9.59. The van der Waals surface area contributed by atoms with Gasteiger partial charge in [0.1, 0.15) is 0 Å². The second-order valence-electron chi connectivity index (χ2n) is 5.69. The van der Waals surface area contributed by atoms with Crippen molar-refractivity contribution in [3.8, 4) is 0 Å². The van der Waals surface area contributed by atoms with Crippen LogP contribution in [0.2, 0.25) is 0 Å². The molecular weight excluding hydrogens is 256 g/mol. The third-order valence-electron chi connectivity index (χ3n) is 2.80. The van der Waals surface area contributed by atoms with Crippen LogP contribution in [0.15, 0.2) is 11.6 Å². The average Bonchev–Trinajstić information content (AvgIpc) is 2.34. The Bertz CT molecular complexity index is 329. The Kier molecular flexibility index (Phi) is 9.77. The second kappa shape index (κ2) is 10.5. The second-order valence-corrected chi connectivity index (χ2v) is 5.69. The number of ether oxygens (including phenoxy) is 2. The van der Waals surface area contributed by atoms with E-state index < -0.39 is 11.9 Å². The van der Waals surface area contributed by atoms with Gasteiger partial charge in [-0.2, -0.15) is 0 Å². The van der Waals surface area contributed by atoms with Crippen LogP contribution in [0.3, 0.4) is 0 Å². The van der Waals surface area contributed by atoms with Gasteiger partial charge in [-0.05, 0) is 31.1 Å². The molecule has 0 aromatic heterocycles. The van der Waals surface area contributed by atoms with Crippen molar-refractivity contribution in [2.45, 2.75) is 53.9 Å². The Balaban J connectivity index is 4.23. The van der Waals surface area contributed by atoms with Gasteiger partial charge in [0.15, 0.2) is 0 Å². The Morgan fingerprint density at radius 1 is 0.950 bits per heavy atom. The molecule has 0 amide bonds. The molecule has 20 heavy (non-hydrogen) atoms. The first kappa shape index (κ1) is 18.7. The summed E-state index contributed by atoms with van der Waals surface area (Å²) in [6.45, 7) is 10.8. The highest BCUT2D eigenvalue weighted by Gasteiger charge is 2.12. The molecule has 0 unspecified atom stereocenters. The summed E-state index contributed by atoms with van der Waals surface area (Å²) < 4.78 is 10.2. The van der Waals surface area contributed by atoms with E-state index in [1.807, 2.05) is 6.92 Å². The van der Waals surface area contributed by atoms with E-state index in [1.54, 1.807) is 0 Å². The summed E-state index contributed by atoms with van der Waals surface area (Å²) >= 11 is 0. The van der Waals surface area contributed by atoms with E-state index in [2.05, 4.69) is 27.7 Å². The quantitative estimate of drug-likeness (QED) is 0.480. The van der Waals surface area contributed by atoms with Gasteiger partial charge in [-0.1, -0.05) is 34.6 Å². The van der Waals surface area contributed by atoms with Crippen LogP contribution < -0.4 is 0 Å². The first-order chi connectivity index (χ1) is 9.36. The van der Waals surface area contributed by atoms with Crippen molar-refractivity contribution in [3.63, 3.8) is 0 Å². The molecule has 0 saturated heterocycles. The fraction of sp³-hybridized carbons (Fsp3) is 0.750. The summed E-state index contributed by atoms with van der Waals surface area (Å²) in [5.41, 5.74) is 0.364. The third-order valence-corrected chi connectivity index (χ3v) is 2.80. The van der Waals surface area contributed by atoms with Crippen LogP contribution in [0.5, 0.6) is 0 Å². The number of hydrogen-bond acceptors (Lipinski definition) is 4. The molecule has 0 aromatic rings. The van der Waals surface area contributed by atoms with E-state index >= 15 is 0 Å². The van der Waals surface area contributed by atoms with Gasteiger partial charge in [0, 0.05) is 11.6 Å². The Hall–Kier alpha value is -1.32. The molecule has 0 saturated carbocycles. The summed E-state index contributed by atoms with van der Waals surface area (Å²) in [7, 11) is 0. The number of carbonyl (C=O) groups excluding carboxylic acids is 2. The lowest BCUT2D eigenvalue weighted by molar-refractivity contribution is -0.141. The first-order valence-electron chi connectivity index (χ1n) is 7.41. The molecule has 0 bridgehead atoms. The molecule has 0 aliphatic heterocycles. The summed E-state index contributed by atoms with van der Waals surface area (Å²) in [4.78, 5) is 23.3. The molecule has 0 heterocycles. The van der Waals surface area contributed by atoms with Crippen LogP contribution >= 0.6 is 0 Å². The molecule has 0 radical (unpaired) electrons. The van der Waals surface area contributed by atoms with Crippen LogP contribution in [0.4, 0.5) is 0 Å². The van der Waals surface area contributed by atoms with E-state index in [9.17, 15) is 9.59 Å². The molecule has 4 heteroatoms. The van der Waals surface area contributed by atoms with Gasteiger partial charge in [0.25, 0.3) is 0 Å². The van der Waals surface area contributed by atoms with Gasteiger partial charge in [0.2, 0.25) is 0 Å². The van der Waals surface area contributed by atoms with Crippen LogP contribution in [0.1, 0.15) is 53.9 Å². The lowest BCUT2D eigenvalue weighted by Crippen LogP contribution is -2.13. The fourth-order valence-electron chi connectivity index (χ4n) is 1.36. The van der Waals surface area contributed by atoms with Crippen molar-refractivity contribution >= 4 is 11.9 Å². The molecule has 0 rings (SSSR count). The topological polar surface area (TPSA) is 52.6 Å². The van der Waals surface area contributed by atoms with Crippen molar-refractivity contribution in [1.82, 2.24) is 0 Å². The van der Waals surface area contributed by atoms with Crippen LogP contribution in [0.25, 0.3) is 0 Å². The number of rotatable bonds is 9. The van der Waals surface area contributed by atoms with Crippen molar-refractivity contribution in [2.24, 2.45) is 11.8 Å². The molecule has 0 aromatic carbocycles. The largest absolute Gasteiger partial charge is 0.463 e. The lowest BCUT2D eigenvalue weighted by atomic mass is 10.1. The van der Waals surface area contributed by atoms with Crippen molar-refractivity contribution < 1.29 is 19.1 Å². The van der Waals surface area contributed by atoms with Crippen molar-refractivity contribution in [2.75, 3.05) is 13.2 Å². The molecule has 0 aliphatic carbocycles. The maximum absolute atomic E-state index is 11.8. The Labute approximate surface area is 122 Å². The smallest absolute Gasteiger partial charge is 0.334 e. The number of esters is 2. The normalized spacial score (nSPS) is 11.8. The Morgan fingerprint density at radius 2 is 1.45 bits per heavy atom. The van der Waals surface area contributed by atoms with E-state index in [0.29, 0.717) is 37.0 Å². The van der Waals surface area contributed by atoms with Crippen molar-refractivity contribution in [3.05, 3.63) is 11.6 Å². The predicted molar refractivity (Wildman–Crippen MR) is 79.2 cm³/mol. The van der Waals surface area contributed by atoms with Gasteiger partial charge in [-0.15, -0.1) is 0 Å². The van der Waals surface area contributed by atoms with E-state index in [-0.39, 0.29) is 0 Å². The molecule has 0 aliphatic rings. The highest BCUT2D eigenvalue weighted by atomic mass is 16.5. The SMILES string of the molecule is CC/C(=C/C(=O)OCCC(C)C)C(=O)OCCC(C)C. The highest BCUT2D eigenvalue weighted by molar-refractivity contribution is 5.96. The van der Waals surface area contributed by atoms with E-state index in [1.165, 1.54) is 6.08 Å². The van der Waals surface area contributed by atoms with Gasteiger partial charge < -0.3 is 9.47 Å². The maximum Gasteiger partial charge on any atom is 0.334 e. The summed E-state index contributed by atoms with van der Waals surface area (Å²) in [5, 5.41) is 0. The summed E-state index contributed by atoms with van der Waals surface area (Å²) in [6.07, 6.45) is 3.35. The van der Waals surface area contributed by atoms with Crippen LogP contribution in [0, 0.1) is 11.8 Å². The molecule has 0 spiro atoms. The molecule has 0 fully saturated rings. The summed E-state index contributed by atoms with van der Waals surface area (Å²) in [6, 6.07) is 0. The minimum atomic E-state index is -0.469. The van der Waals surface area contributed by atoms with E-state index in [4.69, 9.17) is 9.47 Å². The molecular formula is C16H28O4. The average molecular weight is 284 g/mol. The molecule has 0 N–H and O–H groups in total. The minimum absolute atomic E-state index is 0.364. The molecule has 116 valence electrons. The molecule has 4 nitrogen and oxygen atoms in total. The fourth-order valence-corrected chi connectivity index (χ4v) is 1.36. The monoisotopic (exact) mass is 284 g/mol. The standard InChI is InChI=1S/C16H28O4/c1-6-14(16(18)20-10-8-13(4)5)11-15(17)19-9-7-12(2)3/h11-13H,6-10H2,1-5H3/b14-11-. The zero-order valence-corrected chi connectivity index (χ0v) is 13.4.